The Hall–Kier alpha value is -3.96. The molecule has 0 unspecified atom stereocenters. The average molecular weight is 577 g/mol. The highest BCUT2D eigenvalue weighted by atomic mass is 19.3. The number of fused-ring (bicyclic) bond motifs is 2. The van der Waals surface area contributed by atoms with E-state index in [9.17, 15) is 14.4 Å². The fourth-order valence-electron chi connectivity index (χ4n) is 6.41. The Morgan fingerprint density at radius 1 is 1.07 bits per heavy atom. The smallest absolute Gasteiger partial charge is 0.297 e. The summed E-state index contributed by atoms with van der Waals surface area (Å²) in [5, 5.41) is 3.24. The number of benzene rings is 2. The Balaban J connectivity index is 1.01. The molecule has 0 aliphatic carbocycles. The fraction of sp³-hybridized carbons (Fsp3) is 0.419. The van der Waals surface area contributed by atoms with Crippen LogP contribution < -0.4 is 10.1 Å². The van der Waals surface area contributed by atoms with Crippen molar-refractivity contribution in [2.75, 3.05) is 26.3 Å². The maximum atomic E-state index is 15.1. The first-order valence-corrected chi connectivity index (χ1v) is 14.3. The normalized spacial score (nSPS) is 25.7. The third kappa shape index (κ3) is 5.00. The quantitative estimate of drug-likeness (QED) is 0.449. The third-order valence-corrected chi connectivity index (χ3v) is 8.63. The number of rotatable bonds is 6. The molecule has 5 heterocycles. The van der Waals surface area contributed by atoms with Crippen LogP contribution in [0.15, 0.2) is 48.5 Å². The Bertz CT molecular complexity index is 1590. The number of likely N-dealkylation sites (tertiary alicyclic amines) is 1. The molecule has 3 saturated heterocycles. The van der Waals surface area contributed by atoms with E-state index in [-0.39, 0.29) is 43.5 Å². The summed E-state index contributed by atoms with van der Waals surface area (Å²) < 4.78 is 41.5. The molecule has 42 heavy (non-hydrogen) atoms. The first kappa shape index (κ1) is 26.9. The van der Waals surface area contributed by atoms with E-state index in [1.54, 1.807) is 17.0 Å². The van der Waals surface area contributed by atoms with Crippen molar-refractivity contribution < 1.29 is 32.6 Å². The van der Waals surface area contributed by atoms with Crippen molar-refractivity contribution in [3.63, 3.8) is 0 Å². The maximum absolute atomic E-state index is 15.1. The van der Waals surface area contributed by atoms with Gasteiger partial charge < -0.3 is 14.4 Å². The number of hydrogen-bond acceptors (Lipinski definition) is 7. The van der Waals surface area contributed by atoms with E-state index in [1.165, 1.54) is 11.0 Å². The lowest BCUT2D eigenvalue weighted by atomic mass is 10.0. The molecule has 9 nitrogen and oxygen atoms in total. The highest BCUT2D eigenvalue weighted by Crippen LogP contribution is 2.35. The van der Waals surface area contributed by atoms with Crippen LogP contribution in [0.3, 0.4) is 0 Å². The van der Waals surface area contributed by atoms with Crippen LogP contribution in [0, 0.1) is 0 Å². The van der Waals surface area contributed by atoms with Gasteiger partial charge in [-0.1, -0.05) is 12.1 Å². The van der Waals surface area contributed by atoms with E-state index in [0.29, 0.717) is 30.2 Å². The number of halogens is 2. The lowest BCUT2D eigenvalue weighted by molar-refractivity contribution is -0.136. The number of carbonyl (C=O) groups excluding carboxylic acids is 3. The van der Waals surface area contributed by atoms with Gasteiger partial charge in [0.05, 0.1) is 18.7 Å². The highest BCUT2D eigenvalue weighted by Gasteiger charge is 2.50. The predicted molar refractivity (Wildman–Crippen MR) is 147 cm³/mol. The topological polar surface area (TPSA) is 101 Å². The number of hydrogen-bond donors (Lipinski definition) is 1. The molecule has 0 bridgehead atoms. The van der Waals surface area contributed by atoms with Gasteiger partial charge in [-0.25, -0.2) is 8.78 Å². The van der Waals surface area contributed by atoms with Crippen molar-refractivity contribution in [2.24, 2.45) is 0 Å². The minimum absolute atomic E-state index is 0.0440. The monoisotopic (exact) mass is 576 g/mol. The molecule has 218 valence electrons. The second-order valence-corrected chi connectivity index (χ2v) is 11.6. The second-order valence-electron chi connectivity index (χ2n) is 11.6. The van der Waals surface area contributed by atoms with Gasteiger partial charge in [0.15, 0.2) is 6.10 Å². The van der Waals surface area contributed by atoms with Gasteiger partial charge in [-0.3, -0.25) is 29.6 Å². The summed E-state index contributed by atoms with van der Waals surface area (Å²) in [6.07, 6.45) is 0.0265. The first-order valence-electron chi connectivity index (χ1n) is 14.3. The van der Waals surface area contributed by atoms with Crippen molar-refractivity contribution in [1.29, 1.82) is 0 Å². The van der Waals surface area contributed by atoms with Crippen LogP contribution in [0.1, 0.15) is 52.4 Å². The molecule has 3 amide bonds. The van der Waals surface area contributed by atoms with Crippen molar-refractivity contribution in [1.82, 2.24) is 20.1 Å². The Morgan fingerprint density at radius 2 is 1.95 bits per heavy atom. The summed E-state index contributed by atoms with van der Waals surface area (Å²) in [7, 11) is 0. The summed E-state index contributed by atoms with van der Waals surface area (Å²) in [6, 6.07) is 13.9. The number of carbonyl (C=O) groups is 3. The molecule has 3 atom stereocenters. The van der Waals surface area contributed by atoms with Gasteiger partial charge in [-0.05, 0) is 60.4 Å². The Morgan fingerprint density at radius 3 is 2.76 bits per heavy atom. The third-order valence-electron chi connectivity index (χ3n) is 8.63. The molecule has 4 aliphatic heterocycles. The molecule has 3 fully saturated rings. The summed E-state index contributed by atoms with van der Waals surface area (Å²) >= 11 is 0. The van der Waals surface area contributed by atoms with Gasteiger partial charge in [-0.15, -0.1) is 0 Å². The van der Waals surface area contributed by atoms with Gasteiger partial charge in [0.1, 0.15) is 11.8 Å². The van der Waals surface area contributed by atoms with Crippen LogP contribution >= 0.6 is 0 Å². The molecule has 0 spiro atoms. The van der Waals surface area contributed by atoms with Gasteiger partial charge in [-0.2, -0.15) is 0 Å². The van der Waals surface area contributed by atoms with Gasteiger partial charge >= 0.3 is 0 Å². The van der Waals surface area contributed by atoms with E-state index in [4.69, 9.17) is 14.5 Å². The summed E-state index contributed by atoms with van der Waals surface area (Å²) in [6.45, 7) is 1.56. The zero-order valence-corrected chi connectivity index (χ0v) is 22.9. The minimum atomic E-state index is -3.07. The van der Waals surface area contributed by atoms with Crippen LogP contribution in [-0.4, -0.2) is 76.9 Å². The second kappa shape index (κ2) is 10.4. The highest BCUT2D eigenvalue weighted by molar-refractivity contribution is 6.05. The molecule has 2 aromatic carbocycles. The number of pyridine rings is 1. The summed E-state index contributed by atoms with van der Waals surface area (Å²) in [5.41, 5.74) is 3.83. The standard InChI is InChI=1S/C31H30F2N4O5/c32-31(33)17-36(13-18-1-5-24-19(11-18)2-6-25(34-24)20-9-10-41-16-20)15-27(31)42-22-3-4-23-21(12-22)14-37(30(23)40)26-7-8-28(38)35-29(26)39/h1-6,11-12,20,26-27H,7-10,13-17H2,(H,35,38,39)/t20-,26+,27-/m1/s1. The molecule has 3 aromatic rings. The first-order chi connectivity index (χ1) is 20.2. The summed E-state index contributed by atoms with van der Waals surface area (Å²) in [4.78, 5) is 44.6. The number of nitrogens with zero attached hydrogens (tertiary/aromatic N) is 3. The number of aromatic nitrogens is 1. The molecule has 0 radical (unpaired) electrons. The van der Waals surface area contributed by atoms with Crippen molar-refractivity contribution in [3.05, 3.63) is 70.9 Å². The van der Waals surface area contributed by atoms with Crippen LogP contribution in [-0.2, 0) is 27.4 Å². The van der Waals surface area contributed by atoms with Gasteiger partial charge in [0.25, 0.3) is 11.8 Å². The van der Waals surface area contributed by atoms with Crippen molar-refractivity contribution in [3.8, 4) is 5.75 Å². The number of piperidine rings is 1. The van der Waals surface area contributed by atoms with Crippen LogP contribution in [0.2, 0.25) is 0 Å². The van der Waals surface area contributed by atoms with E-state index >= 15 is 8.78 Å². The van der Waals surface area contributed by atoms with E-state index < -0.39 is 30.5 Å². The molecule has 0 saturated carbocycles. The zero-order chi connectivity index (χ0) is 29.0. The van der Waals surface area contributed by atoms with Gasteiger partial charge in [0, 0.05) is 55.2 Å². The molecule has 11 heteroatoms. The minimum Gasteiger partial charge on any atom is -0.483 e. The maximum Gasteiger partial charge on any atom is 0.297 e. The molecule has 4 aliphatic rings. The van der Waals surface area contributed by atoms with Crippen molar-refractivity contribution >= 4 is 28.6 Å². The Labute approximate surface area is 240 Å². The molecule has 1 aromatic heterocycles. The Kier molecular flexibility index (Phi) is 6.66. The predicted octanol–water partition coefficient (Wildman–Crippen LogP) is 3.40. The lowest BCUT2D eigenvalue weighted by Gasteiger charge is -2.29. The fourth-order valence-corrected chi connectivity index (χ4v) is 6.41. The SMILES string of the molecule is O=C1CC[C@H](N2Cc3cc(O[C@@H]4CN(Cc5ccc6nc([C@@H]7CCOC7)ccc6c5)CC4(F)F)ccc3C2=O)C(=O)N1. The number of ether oxygens (including phenoxy) is 2. The van der Waals surface area contributed by atoms with E-state index in [0.717, 1.165) is 35.2 Å². The molecular weight excluding hydrogens is 546 g/mol. The summed E-state index contributed by atoms with van der Waals surface area (Å²) in [5.74, 6) is -3.68. The van der Waals surface area contributed by atoms with E-state index in [1.807, 2.05) is 30.3 Å². The van der Waals surface area contributed by atoms with Crippen molar-refractivity contribution in [2.45, 2.75) is 56.3 Å². The lowest BCUT2D eigenvalue weighted by Crippen LogP contribution is -2.52. The van der Waals surface area contributed by atoms with Crippen LogP contribution in [0.25, 0.3) is 10.9 Å². The largest absolute Gasteiger partial charge is 0.483 e. The van der Waals surface area contributed by atoms with Crippen LogP contribution in [0.5, 0.6) is 5.75 Å². The number of imide groups is 1. The number of nitrogens with one attached hydrogen (secondary N) is 1. The zero-order valence-electron chi connectivity index (χ0n) is 22.9. The number of alkyl halides is 2. The molecule has 1 N–H and O–H groups in total. The molecule has 7 rings (SSSR count). The van der Waals surface area contributed by atoms with Gasteiger partial charge in [0.2, 0.25) is 11.8 Å². The molecular formula is C31H30F2N4O5. The van der Waals surface area contributed by atoms with E-state index in [2.05, 4.69) is 5.32 Å². The number of amides is 3. The average Bonchev–Trinajstić information content (AvgIpc) is 3.67. The van der Waals surface area contributed by atoms with Crippen LogP contribution in [0.4, 0.5) is 8.78 Å².